The molecule has 18 heavy (non-hydrogen) atoms. The highest BCUT2D eigenvalue weighted by Gasteiger charge is 2.09. The molecule has 5 heteroatoms. The second-order valence-electron chi connectivity index (χ2n) is 4.78. The molecule has 0 amide bonds. The number of nitrogens with one attached hydrogen (secondary N) is 1. The molecule has 0 atom stereocenters. The van der Waals surface area contributed by atoms with Crippen molar-refractivity contribution in [2.24, 2.45) is 7.05 Å². The Bertz CT molecular complexity index is 509. The molecule has 2 aromatic heterocycles. The van der Waals surface area contributed by atoms with E-state index in [1.807, 2.05) is 34.9 Å². The molecule has 0 unspecified atom stereocenters. The number of hydrogen-bond donors (Lipinski definition) is 1. The van der Waals surface area contributed by atoms with Gasteiger partial charge in [-0.15, -0.1) is 0 Å². The Hall–Kier alpha value is -1.62. The average Bonchev–Trinajstić information content (AvgIpc) is 2.92. The molecule has 5 nitrogen and oxygen atoms in total. The van der Waals surface area contributed by atoms with Crippen molar-refractivity contribution < 1.29 is 0 Å². The topological polar surface area (TPSA) is 47.7 Å². The molecule has 0 bridgehead atoms. The number of rotatable bonds is 5. The molecular weight excluding hydrogens is 226 g/mol. The summed E-state index contributed by atoms with van der Waals surface area (Å²) in [6, 6.07) is 2.52. The first-order chi connectivity index (χ1) is 8.60. The van der Waals surface area contributed by atoms with Crippen LogP contribution in [0.1, 0.15) is 32.2 Å². The van der Waals surface area contributed by atoms with Crippen molar-refractivity contribution >= 4 is 0 Å². The van der Waals surface area contributed by atoms with Gasteiger partial charge in [0.2, 0.25) is 0 Å². The summed E-state index contributed by atoms with van der Waals surface area (Å²) in [5.74, 6) is 0. The Labute approximate surface area is 108 Å². The average molecular weight is 247 g/mol. The van der Waals surface area contributed by atoms with Crippen molar-refractivity contribution in [2.75, 3.05) is 0 Å². The summed E-state index contributed by atoms with van der Waals surface area (Å²) >= 11 is 0. The van der Waals surface area contributed by atoms with E-state index in [9.17, 15) is 0 Å². The Kier molecular flexibility index (Phi) is 3.81. The van der Waals surface area contributed by atoms with Gasteiger partial charge < -0.3 is 5.32 Å². The highest BCUT2D eigenvalue weighted by atomic mass is 15.3. The molecule has 2 heterocycles. The molecule has 1 N–H and O–H groups in total. The number of aryl methyl sites for hydroxylation is 2. The lowest BCUT2D eigenvalue weighted by Crippen LogP contribution is -2.22. The Balaban J connectivity index is 2.18. The molecule has 0 aliphatic carbocycles. The Morgan fingerprint density at radius 1 is 1.33 bits per heavy atom. The van der Waals surface area contributed by atoms with Gasteiger partial charge in [-0.25, -0.2) is 4.68 Å². The third-order valence-electron chi connectivity index (χ3n) is 2.80. The van der Waals surface area contributed by atoms with Gasteiger partial charge in [0, 0.05) is 25.8 Å². The number of hydrogen-bond acceptors (Lipinski definition) is 3. The normalized spacial score (nSPS) is 11.4. The monoisotopic (exact) mass is 247 g/mol. The van der Waals surface area contributed by atoms with E-state index in [2.05, 4.69) is 36.3 Å². The van der Waals surface area contributed by atoms with E-state index in [0.29, 0.717) is 6.04 Å². The molecular formula is C13H21N5. The molecule has 0 aliphatic heterocycles. The molecule has 2 rings (SSSR count). The summed E-state index contributed by atoms with van der Waals surface area (Å²) in [7, 11) is 1.94. The minimum Gasteiger partial charge on any atom is -0.309 e. The fourth-order valence-corrected chi connectivity index (χ4v) is 1.86. The zero-order chi connectivity index (χ0) is 13.1. The van der Waals surface area contributed by atoms with Crippen LogP contribution in [0.4, 0.5) is 0 Å². The molecule has 0 radical (unpaired) electrons. The first-order valence-corrected chi connectivity index (χ1v) is 6.41. The van der Waals surface area contributed by atoms with Crippen LogP contribution in [0.2, 0.25) is 0 Å². The SMILES string of the molecule is CCc1nn(C)cc1-n1ccc(CNC(C)C)n1. The summed E-state index contributed by atoms with van der Waals surface area (Å²) in [4.78, 5) is 0. The molecule has 0 fully saturated rings. The molecule has 0 aliphatic rings. The summed E-state index contributed by atoms with van der Waals surface area (Å²) in [5.41, 5.74) is 3.19. The van der Waals surface area contributed by atoms with Crippen LogP contribution in [0, 0.1) is 0 Å². The van der Waals surface area contributed by atoms with Gasteiger partial charge in [-0.2, -0.15) is 10.2 Å². The predicted octanol–water partition coefficient (Wildman–Crippen LogP) is 1.67. The van der Waals surface area contributed by atoms with E-state index in [4.69, 9.17) is 0 Å². The van der Waals surface area contributed by atoms with Gasteiger partial charge in [-0.05, 0) is 12.5 Å². The lowest BCUT2D eigenvalue weighted by molar-refractivity contribution is 0.578. The standard InChI is InChI=1S/C13H21N5/c1-5-12-13(9-17(4)16-12)18-7-6-11(15-18)8-14-10(2)3/h6-7,9-10,14H,5,8H2,1-4H3. The molecule has 2 aromatic rings. The van der Waals surface area contributed by atoms with Gasteiger partial charge in [-0.1, -0.05) is 20.8 Å². The van der Waals surface area contributed by atoms with Crippen LogP contribution in [0.15, 0.2) is 18.5 Å². The summed E-state index contributed by atoms with van der Waals surface area (Å²) in [6.07, 6.45) is 4.91. The minimum absolute atomic E-state index is 0.472. The quantitative estimate of drug-likeness (QED) is 0.874. The van der Waals surface area contributed by atoms with Crippen LogP contribution < -0.4 is 5.32 Å². The lowest BCUT2D eigenvalue weighted by atomic mass is 10.3. The third-order valence-corrected chi connectivity index (χ3v) is 2.80. The number of nitrogens with zero attached hydrogens (tertiary/aromatic N) is 4. The van der Waals surface area contributed by atoms with Crippen LogP contribution in [-0.4, -0.2) is 25.6 Å². The van der Waals surface area contributed by atoms with Crippen LogP contribution in [-0.2, 0) is 20.0 Å². The van der Waals surface area contributed by atoms with E-state index in [-0.39, 0.29) is 0 Å². The lowest BCUT2D eigenvalue weighted by Gasteiger charge is -2.05. The van der Waals surface area contributed by atoms with Crippen molar-refractivity contribution in [3.8, 4) is 5.69 Å². The van der Waals surface area contributed by atoms with Crippen LogP contribution in [0.5, 0.6) is 0 Å². The van der Waals surface area contributed by atoms with E-state index in [1.165, 1.54) is 0 Å². The van der Waals surface area contributed by atoms with Crippen molar-refractivity contribution in [1.82, 2.24) is 24.9 Å². The number of aromatic nitrogens is 4. The summed E-state index contributed by atoms with van der Waals surface area (Å²) < 4.78 is 3.74. The summed E-state index contributed by atoms with van der Waals surface area (Å²) in [5, 5.41) is 12.4. The Morgan fingerprint density at radius 3 is 2.78 bits per heavy atom. The second kappa shape index (κ2) is 5.35. The highest BCUT2D eigenvalue weighted by molar-refractivity contribution is 5.34. The largest absolute Gasteiger partial charge is 0.309 e. The van der Waals surface area contributed by atoms with Crippen LogP contribution in [0.25, 0.3) is 5.69 Å². The fraction of sp³-hybridized carbons (Fsp3) is 0.538. The second-order valence-corrected chi connectivity index (χ2v) is 4.78. The smallest absolute Gasteiger partial charge is 0.106 e. The van der Waals surface area contributed by atoms with Gasteiger partial charge in [0.25, 0.3) is 0 Å². The molecule has 0 spiro atoms. The zero-order valence-corrected chi connectivity index (χ0v) is 11.5. The van der Waals surface area contributed by atoms with E-state index in [1.54, 1.807) is 0 Å². The third kappa shape index (κ3) is 2.79. The van der Waals surface area contributed by atoms with Gasteiger partial charge >= 0.3 is 0 Å². The van der Waals surface area contributed by atoms with Crippen LogP contribution in [0.3, 0.4) is 0 Å². The maximum atomic E-state index is 4.58. The first-order valence-electron chi connectivity index (χ1n) is 6.41. The molecule has 98 valence electrons. The van der Waals surface area contributed by atoms with Crippen LogP contribution >= 0.6 is 0 Å². The van der Waals surface area contributed by atoms with Gasteiger partial charge in [0.15, 0.2) is 0 Å². The molecule has 0 saturated carbocycles. The summed E-state index contributed by atoms with van der Waals surface area (Å²) in [6.45, 7) is 7.17. The molecule has 0 aromatic carbocycles. The Morgan fingerprint density at radius 2 is 2.11 bits per heavy atom. The van der Waals surface area contributed by atoms with Gasteiger partial charge in [0.1, 0.15) is 5.69 Å². The van der Waals surface area contributed by atoms with E-state index in [0.717, 1.165) is 30.0 Å². The maximum absolute atomic E-state index is 4.58. The van der Waals surface area contributed by atoms with Crippen molar-refractivity contribution in [1.29, 1.82) is 0 Å². The first kappa shape index (κ1) is 12.8. The van der Waals surface area contributed by atoms with E-state index >= 15 is 0 Å². The van der Waals surface area contributed by atoms with Crippen molar-refractivity contribution in [3.63, 3.8) is 0 Å². The highest BCUT2D eigenvalue weighted by Crippen LogP contribution is 2.13. The maximum Gasteiger partial charge on any atom is 0.106 e. The predicted molar refractivity (Wildman–Crippen MR) is 71.7 cm³/mol. The fourth-order valence-electron chi connectivity index (χ4n) is 1.86. The van der Waals surface area contributed by atoms with Crippen molar-refractivity contribution in [2.45, 2.75) is 39.8 Å². The zero-order valence-electron chi connectivity index (χ0n) is 11.5. The minimum atomic E-state index is 0.472. The van der Waals surface area contributed by atoms with Gasteiger partial charge in [0.05, 0.1) is 17.6 Å². The van der Waals surface area contributed by atoms with Crippen molar-refractivity contribution in [3.05, 3.63) is 29.8 Å². The molecule has 0 saturated heterocycles. The van der Waals surface area contributed by atoms with Gasteiger partial charge in [-0.3, -0.25) is 4.68 Å². The van der Waals surface area contributed by atoms with E-state index < -0.39 is 0 Å².